The molecule has 0 bridgehead atoms. The molecule has 4 aromatic carbocycles. The van der Waals surface area contributed by atoms with Crippen LogP contribution in [0.5, 0.6) is 5.75 Å². The molecule has 0 saturated heterocycles. The van der Waals surface area contributed by atoms with Crippen LogP contribution in [0.25, 0.3) is 11.3 Å². The average Bonchev–Trinajstić information content (AvgIpc) is 3.48. The van der Waals surface area contributed by atoms with Crippen LogP contribution in [0, 0.1) is 13.8 Å². The Hall–Kier alpha value is -4.55. The van der Waals surface area contributed by atoms with E-state index >= 15 is 0 Å². The Balaban J connectivity index is 1.63. The highest BCUT2D eigenvalue weighted by Gasteiger charge is 2.48. The molecule has 0 spiro atoms. The molecule has 206 valence electrons. The minimum atomic E-state index is -4.03. The van der Waals surface area contributed by atoms with Gasteiger partial charge in [-0.25, -0.2) is 8.42 Å². The number of para-hydroxylation sites is 1. The van der Waals surface area contributed by atoms with Gasteiger partial charge in [0.1, 0.15) is 17.3 Å². The second-order valence-electron chi connectivity index (χ2n) is 10.3. The van der Waals surface area contributed by atoms with Crippen LogP contribution in [-0.4, -0.2) is 15.5 Å². The van der Waals surface area contributed by atoms with Crippen LogP contribution in [0.15, 0.2) is 131 Å². The van der Waals surface area contributed by atoms with E-state index in [0.29, 0.717) is 11.4 Å². The Kier molecular flexibility index (Phi) is 6.80. The minimum absolute atomic E-state index is 0.218. The summed E-state index contributed by atoms with van der Waals surface area (Å²) in [6.45, 7) is 8.47. The topological polar surface area (TPSA) is 59.8 Å². The van der Waals surface area contributed by atoms with E-state index in [1.54, 1.807) is 19.2 Å². The van der Waals surface area contributed by atoms with Crippen LogP contribution >= 0.6 is 0 Å². The lowest BCUT2D eigenvalue weighted by Crippen LogP contribution is -2.35. The summed E-state index contributed by atoms with van der Waals surface area (Å²) in [5, 5.41) is 0. The van der Waals surface area contributed by atoms with Crippen molar-refractivity contribution in [2.45, 2.75) is 30.7 Å². The molecule has 1 aromatic heterocycles. The standard InChI is InChI=1S/C35H31NO4S/c1-23-15-21-30(22-16-23)41(37,38)36(28-13-9-6-10-14-28)34-24(2)31(26-11-7-5-8-12-26)32-25(3)40-35(33(32)34)27-17-19-29(39-4)20-18-27/h5-22,31,34H,2H2,1,3-4H3/t31-,34+/m1/s1. The normalized spacial score (nSPS) is 16.4. The summed E-state index contributed by atoms with van der Waals surface area (Å²) in [4.78, 5) is 0.218. The molecule has 6 heteroatoms. The molecule has 41 heavy (non-hydrogen) atoms. The van der Waals surface area contributed by atoms with E-state index in [2.05, 4.69) is 18.7 Å². The molecule has 0 radical (unpaired) electrons. The lowest BCUT2D eigenvalue weighted by atomic mass is 9.90. The molecule has 0 fully saturated rings. The van der Waals surface area contributed by atoms with Crippen molar-refractivity contribution in [1.29, 1.82) is 0 Å². The first kappa shape index (κ1) is 26.7. The molecule has 6 rings (SSSR count). The number of anilines is 1. The van der Waals surface area contributed by atoms with Gasteiger partial charge in [0.25, 0.3) is 10.0 Å². The molecule has 0 amide bonds. The fourth-order valence-electron chi connectivity index (χ4n) is 5.81. The summed E-state index contributed by atoms with van der Waals surface area (Å²) in [7, 11) is -2.40. The van der Waals surface area contributed by atoms with Crippen molar-refractivity contribution < 1.29 is 17.6 Å². The van der Waals surface area contributed by atoms with Crippen LogP contribution in [0.3, 0.4) is 0 Å². The quantitative estimate of drug-likeness (QED) is 0.188. The van der Waals surface area contributed by atoms with E-state index in [1.165, 1.54) is 4.31 Å². The summed E-state index contributed by atoms with van der Waals surface area (Å²) in [6, 6.07) is 33.2. The SMILES string of the molecule is C=C1[C@H](c2ccccc2)c2c(C)oc(-c3ccc(OC)cc3)c2[C@H]1N(c1ccccc1)S(=O)(=O)c1ccc(C)cc1. The third-order valence-electron chi connectivity index (χ3n) is 7.76. The lowest BCUT2D eigenvalue weighted by molar-refractivity contribution is 0.415. The number of hydrogen-bond donors (Lipinski definition) is 0. The molecule has 1 aliphatic carbocycles. The summed E-state index contributed by atoms with van der Waals surface area (Å²) in [5.41, 5.74) is 5.95. The second-order valence-corrected chi connectivity index (χ2v) is 12.1. The third kappa shape index (κ3) is 4.54. The van der Waals surface area contributed by atoms with Gasteiger partial charge in [0.15, 0.2) is 0 Å². The lowest BCUT2D eigenvalue weighted by Gasteiger charge is -2.32. The van der Waals surface area contributed by atoms with Gasteiger partial charge in [-0.15, -0.1) is 0 Å². The summed E-state index contributed by atoms with van der Waals surface area (Å²) < 4.78 is 42.6. The number of furan rings is 1. The van der Waals surface area contributed by atoms with Crippen molar-refractivity contribution in [3.05, 3.63) is 149 Å². The molecular formula is C35H31NO4S. The Morgan fingerprint density at radius 3 is 2.00 bits per heavy atom. The van der Waals surface area contributed by atoms with Crippen LogP contribution in [-0.2, 0) is 10.0 Å². The number of rotatable bonds is 7. The number of hydrogen-bond acceptors (Lipinski definition) is 4. The second kappa shape index (κ2) is 10.5. The zero-order chi connectivity index (χ0) is 28.7. The Morgan fingerprint density at radius 1 is 0.780 bits per heavy atom. The molecule has 1 aliphatic rings. The largest absolute Gasteiger partial charge is 0.497 e. The van der Waals surface area contributed by atoms with Gasteiger partial charge in [-0.05, 0) is 73.5 Å². The van der Waals surface area contributed by atoms with Crippen molar-refractivity contribution in [3.63, 3.8) is 0 Å². The summed E-state index contributed by atoms with van der Waals surface area (Å²) in [6.07, 6.45) is 0. The first-order chi connectivity index (χ1) is 19.8. The Labute approximate surface area is 241 Å². The number of nitrogens with zero attached hydrogens (tertiary/aromatic N) is 1. The Bertz CT molecular complexity index is 1810. The number of sulfonamides is 1. The maximum absolute atomic E-state index is 14.6. The van der Waals surface area contributed by atoms with Crippen molar-refractivity contribution in [2.24, 2.45) is 0 Å². The van der Waals surface area contributed by atoms with Crippen molar-refractivity contribution in [3.8, 4) is 17.1 Å². The minimum Gasteiger partial charge on any atom is -0.497 e. The van der Waals surface area contributed by atoms with E-state index in [4.69, 9.17) is 9.15 Å². The van der Waals surface area contributed by atoms with Gasteiger partial charge >= 0.3 is 0 Å². The first-order valence-corrected chi connectivity index (χ1v) is 14.9. The monoisotopic (exact) mass is 561 g/mol. The van der Waals surface area contributed by atoms with Crippen LogP contribution in [0.1, 0.15) is 40.0 Å². The first-order valence-electron chi connectivity index (χ1n) is 13.5. The van der Waals surface area contributed by atoms with E-state index in [1.807, 2.05) is 98.8 Å². The highest BCUT2D eigenvalue weighted by atomic mass is 32.2. The molecule has 1 heterocycles. The number of methoxy groups -OCH3 is 1. The Morgan fingerprint density at radius 2 is 1.39 bits per heavy atom. The van der Waals surface area contributed by atoms with E-state index in [0.717, 1.165) is 44.9 Å². The molecular weight excluding hydrogens is 530 g/mol. The van der Waals surface area contributed by atoms with Gasteiger partial charge in [0.2, 0.25) is 0 Å². The number of benzene rings is 4. The van der Waals surface area contributed by atoms with E-state index in [-0.39, 0.29) is 10.8 Å². The van der Waals surface area contributed by atoms with E-state index in [9.17, 15) is 8.42 Å². The summed E-state index contributed by atoms with van der Waals surface area (Å²) in [5.74, 6) is 1.85. The van der Waals surface area contributed by atoms with Crippen molar-refractivity contribution >= 4 is 15.7 Å². The van der Waals surface area contributed by atoms with Gasteiger partial charge in [0, 0.05) is 22.6 Å². The number of ether oxygens (including phenoxy) is 1. The molecule has 0 unspecified atom stereocenters. The fourth-order valence-corrected chi connectivity index (χ4v) is 7.43. The van der Waals surface area contributed by atoms with Crippen molar-refractivity contribution in [2.75, 3.05) is 11.4 Å². The average molecular weight is 562 g/mol. The predicted octanol–water partition coefficient (Wildman–Crippen LogP) is 8.21. The zero-order valence-corrected chi connectivity index (χ0v) is 24.1. The van der Waals surface area contributed by atoms with Gasteiger partial charge < -0.3 is 9.15 Å². The highest BCUT2D eigenvalue weighted by molar-refractivity contribution is 7.92. The molecule has 5 aromatic rings. The number of aryl methyl sites for hydroxylation is 2. The van der Waals surface area contributed by atoms with E-state index < -0.39 is 16.1 Å². The molecule has 5 nitrogen and oxygen atoms in total. The molecule has 2 atom stereocenters. The molecule has 0 aliphatic heterocycles. The van der Waals surface area contributed by atoms with Gasteiger partial charge in [-0.1, -0.05) is 72.8 Å². The van der Waals surface area contributed by atoms with Gasteiger partial charge in [-0.3, -0.25) is 4.31 Å². The van der Waals surface area contributed by atoms with Crippen molar-refractivity contribution in [1.82, 2.24) is 0 Å². The zero-order valence-electron chi connectivity index (χ0n) is 23.2. The maximum Gasteiger partial charge on any atom is 0.265 e. The molecule has 0 N–H and O–H groups in total. The van der Waals surface area contributed by atoms with Gasteiger partial charge in [0.05, 0.1) is 23.7 Å². The maximum atomic E-state index is 14.6. The summed E-state index contributed by atoms with van der Waals surface area (Å²) >= 11 is 0. The van der Waals surface area contributed by atoms with Crippen LogP contribution in [0.2, 0.25) is 0 Å². The predicted molar refractivity (Wildman–Crippen MR) is 163 cm³/mol. The third-order valence-corrected chi connectivity index (χ3v) is 9.57. The number of fused-ring (bicyclic) bond motifs is 1. The highest BCUT2D eigenvalue weighted by Crippen LogP contribution is 2.57. The fraction of sp³-hybridized carbons (Fsp3) is 0.143. The van der Waals surface area contributed by atoms with Crippen LogP contribution in [0.4, 0.5) is 5.69 Å². The molecule has 0 saturated carbocycles. The smallest absolute Gasteiger partial charge is 0.265 e. The van der Waals surface area contributed by atoms with Gasteiger partial charge in [-0.2, -0.15) is 0 Å². The van der Waals surface area contributed by atoms with Crippen LogP contribution < -0.4 is 9.04 Å².